The highest BCUT2D eigenvalue weighted by Gasteiger charge is 2.22. The first-order valence-corrected chi connectivity index (χ1v) is 6.78. The Bertz CT molecular complexity index is 399. The lowest BCUT2D eigenvalue weighted by Gasteiger charge is -2.17. The Labute approximate surface area is 109 Å². The van der Waals surface area contributed by atoms with E-state index in [0.29, 0.717) is 12.0 Å². The minimum atomic E-state index is 0.558. The summed E-state index contributed by atoms with van der Waals surface area (Å²) in [6, 6.07) is 9.02. The Morgan fingerprint density at radius 3 is 2.76 bits per heavy atom. The Balaban J connectivity index is 2.05. The Hall–Kier alpha value is -1.09. The Kier molecular flexibility index (Phi) is 4.00. The second kappa shape index (κ2) is 5.50. The summed E-state index contributed by atoms with van der Waals surface area (Å²) in [5, 5.41) is 7.38. The predicted octanol–water partition coefficient (Wildman–Crippen LogP) is 3.65. The van der Waals surface area contributed by atoms with Gasteiger partial charge in [0.05, 0.1) is 0 Å². The summed E-state index contributed by atoms with van der Waals surface area (Å²) in [4.78, 5) is 0. The molecule has 0 aromatic heterocycles. The molecule has 0 bridgehead atoms. The largest absolute Gasteiger partial charge is 0.360 e. The molecule has 2 rings (SSSR count). The minimum absolute atomic E-state index is 0.558. The molecular formula is C14H20N2S. The van der Waals surface area contributed by atoms with Crippen molar-refractivity contribution in [2.24, 2.45) is 0 Å². The first-order valence-electron chi connectivity index (χ1n) is 6.37. The summed E-state index contributed by atoms with van der Waals surface area (Å²) < 4.78 is 0. The fourth-order valence-electron chi connectivity index (χ4n) is 1.83. The van der Waals surface area contributed by atoms with Crippen LogP contribution in [0.25, 0.3) is 0 Å². The van der Waals surface area contributed by atoms with Crippen molar-refractivity contribution in [3.05, 3.63) is 29.8 Å². The van der Waals surface area contributed by atoms with Crippen molar-refractivity contribution >= 4 is 23.0 Å². The van der Waals surface area contributed by atoms with Gasteiger partial charge in [-0.2, -0.15) is 0 Å². The van der Waals surface area contributed by atoms with Crippen LogP contribution in [0.15, 0.2) is 24.3 Å². The van der Waals surface area contributed by atoms with Crippen LogP contribution in [0.2, 0.25) is 0 Å². The van der Waals surface area contributed by atoms with Gasteiger partial charge in [0.15, 0.2) is 5.11 Å². The number of thiocarbonyl (C=S) groups is 1. The standard InChI is InChI=1S/C14H20N2S/c1-3-10(2)12-6-4-5-7-13(12)16-14(17)15-11-8-9-11/h4-7,10-11H,3,8-9H2,1-2H3,(H2,15,16,17)/t10-/m1/s1. The van der Waals surface area contributed by atoms with E-state index in [9.17, 15) is 0 Å². The molecule has 1 aromatic carbocycles. The monoisotopic (exact) mass is 248 g/mol. The smallest absolute Gasteiger partial charge is 0.171 e. The summed E-state index contributed by atoms with van der Waals surface area (Å²) in [6.07, 6.45) is 3.63. The first kappa shape index (κ1) is 12.4. The van der Waals surface area contributed by atoms with Crippen LogP contribution in [0.4, 0.5) is 5.69 Å². The molecule has 0 unspecified atom stereocenters. The molecule has 17 heavy (non-hydrogen) atoms. The number of hydrogen-bond acceptors (Lipinski definition) is 1. The number of benzene rings is 1. The molecule has 1 saturated carbocycles. The zero-order chi connectivity index (χ0) is 12.3. The van der Waals surface area contributed by atoms with Crippen molar-refractivity contribution in [2.45, 2.75) is 45.1 Å². The molecule has 92 valence electrons. The van der Waals surface area contributed by atoms with Gasteiger partial charge in [0.2, 0.25) is 0 Å². The minimum Gasteiger partial charge on any atom is -0.360 e. The third-order valence-electron chi connectivity index (χ3n) is 3.26. The molecule has 1 aromatic rings. The molecule has 0 heterocycles. The molecule has 0 amide bonds. The molecule has 2 N–H and O–H groups in total. The summed E-state index contributed by atoms with van der Waals surface area (Å²) in [7, 11) is 0. The lowest BCUT2D eigenvalue weighted by atomic mass is 9.97. The fourth-order valence-corrected chi connectivity index (χ4v) is 2.11. The fraction of sp³-hybridized carbons (Fsp3) is 0.500. The van der Waals surface area contributed by atoms with Gasteiger partial charge in [0, 0.05) is 11.7 Å². The zero-order valence-corrected chi connectivity index (χ0v) is 11.3. The van der Waals surface area contributed by atoms with Crippen molar-refractivity contribution in [1.82, 2.24) is 5.32 Å². The van der Waals surface area contributed by atoms with Gasteiger partial charge in [-0.15, -0.1) is 0 Å². The van der Waals surface area contributed by atoms with Crippen molar-refractivity contribution in [3.8, 4) is 0 Å². The van der Waals surface area contributed by atoms with E-state index >= 15 is 0 Å². The molecule has 2 nitrogen and oxygen atoms in total. The van der Waals surface area contributed by atoms with E-state index in [4.69, 9.17) is 12.2 Å². The van der Waals surface area contributed by atoms with E-state index in [1.54, 1.807) is 0 Å². The molecule has 0 aliphatic heterocycles. The van der Waals surface area contributed by atoms with Crippen LogP contribution in [0.5, 0.6) is 0 Å². The first-order chi connectivity index (χ1) is 8.20. The average Bonchev–Trinajstić information content (AvgIpc) is 3.12. The lowest BCUT2D eigenvalue weighted by Crippen LogP contribution is -2.30. The van der Waals surface area contributed by atoms with Crippen molar-refractivity contribution < 1.29 is 0 Å². The average molecular weight is 248 g/mol. The highest BCUT2D eigenvalue weighted by molar-refractivity contribution is 7.80. The van der Waals surface area contributed by atoms with E-state index in [-0.39, 0.29) is 0 Å². The molecule has 1 fully saturated rings. The van der Waals surface area contributed by atoms with Gasteiger partial charge in [-0.3, -0.25) is 0 Å². The van der Waals surface area contributed by atoms with Gasteiger partial charge in [-0.05, 0) is 49.0 Å². The molecular weight excluding hydrogens is 228 g/mol. The van der Waals surface area contributed by atoms with Crippen LogP contribution >= 0.6 is 12.2 Å². The van der Waals surface area contributed by atoms with Crippen molar-refractivity contribution in [2.75, 3.05) is 5.32 Å². The van der Waals surface area contributed by atoms with Crippen LogP contribution in [-0.2, 0) is 0 Å². The molecule has 3 heteroatoms. The van der Waals surface area contributed by atoms with Gasteiger partial charge in [0.25, 0.3) is 0 Å². The van der Waals surface area contributed by atoms with Gasteiger partial charge >= 0.3 is 0 Å². The van der Waals surface area contributed by atoms with Crippen molar-refractivity contribution in [3.63, 3.8) is 0 Å². The van der Waals surface area contributed by atoms with Crippen LogP contribution < -0.4 is 10.6 Å². The van der Waals surface area contributed by atoms with Gasteiger partial charge in [0.1, 0.15) is 0 Å². The highest BCUT2D eigenvalue weighted by atomic mass is 32.1. The normalized spacial score (nSPS) is 16.4. The second-order valence-corrected chi connectivity index (χ2v) is 5.18. The second-order valence-electron chi connectivity index (χ2n) is 4.77. The van der Waals surface area contributed by atoms with E-state index in [2.05, 4.69) is 42.7 Å². The summed E-state index contributed by atoms with van der Waals surface area (Å²) in [5.41, 5.74) is 2.48. The lowest BCUT2D eigenvalue weighted by molar-refractivity contribution is 0.735. The topological polar surface area (TPSA) is 24.1 Å². The maximum atomic E-state index is 5.31. The van der Waals surface area contributed by atoms with Gasteiger partial charge < -0.3 is 10.6 Å². The van der Waals surface area contributed by atoms with E-state index in [0.717, 1.165) is 17.2 Å². The Morgan fingerprint density at radius 2 is 2.12 bits per heavy atom. The summed E-state index contributed by atoms with van der Waals surface area (Å²) in [5.74, 6) is 0.558. The summed E-state index contributed by atoms with van der Waals surface area (Å²) >= 11 is 5.31. The third kappa shape index (κ3) is 3.43. The summed E-state index contributed by atoms with van der Waals surface area (Å²) in [6.45, 7) is 4.46. The quantitative estimate of drug-likeness (QED) is 0.795. The van der Waals surface area contributed by atoms with Crippen LogP contribution in [0.1, 0.15) is 44.6 Å². The van der Waals surface area contributed by atoms with E-state index in [1.165, 1.54) is 18.4 Å². The number of para-hydroxylation sites is 1. The predicted molar refractivity (Wildman–Crippen MR) is 77.5 cm³/mol. The van der Waals surface area contributed by atoms with Gasteiger partial charge in [-0.25, -0.2) is 0 Å². The van der Waals surface area contributed by atoms with Crippen molar-refractivity contribution in [1.29, 1.82) is 0 Å². The maximum absolute atomic E-state index is 5.31. The molecule has 0 saturated heterocycles. The number of anilines is 1. The van der Waals surface area contributed by atoms with Crippen LogP contribution in [-0.4, -0.2) is 11.2 Å². The molecule has 0 radical (unpaired) electrons. The maximum Gasteiger partial charge on any atom is 0.171 e. The van der Waals surface area contributed by atoms with Gasteiger partial charge in [-0.1, -0.05) is 32.0 Å². The number of rotatable bonds is 4. The third-order valence-corrected chi connectivity index (χ3v) is 3.48. The van der Waals surface area contributed by atoms with Crippen LogP contribution in [0.3, 0.4) is 0 Å². The highest BCUT2D eigenvalue weighted by Crippen LogP contribution is 2.26. The van der Waals surface area contributed by atoms with Crippen LogP contribution in [0, 0.1) is 0 Å². The molecule has 1 aliphatic carbocycles. The molecule has 1 aliphatic rings. The number of nitrogens with one attached hydrogen (secondary N) is 2. The molecule has 0 spiro atoms. The Morgan fingerprint density at radius 1 is 1.41 bits per heavy atom. The van der Waals surface area contributed by atoms with E-state index < -0.39 is 0 Å². The van der Waals surface area contributed by atoms with E-state index in [1.807, 2.05) is 6.07 Å². The number of hydrogen-bond donors (Lipinski definition) is 2. The SMILES string of the molecule is CC[C@@H](C)c1ccccc1NC(=S)NC1CC1. The zero-order valence-electron chi connectivity index (χ0n) is 10.5. The molecule has 1 atom stereocenters.